The fraction of sp³-hybridized carbons (Fsp3) is 1.00. The zero-order valence-electron chi connectivity index (χ0n) is 11.6. The number of fused-ring (bicyclic) bond motifs is 2. The van der Waals surface area contributed by atoms with Crippen LogP contribution in [0.4, 0.5) is 0 Å². The highest BCUT2D eigenvalue weighted by Gasteiger charge is 2.43. The molecule has 0 aliphatic carbocycles. The lowest BCUT2D eigenvalue weighted by atomic mass is 9.82. The monoisotopic (exact) mass is 239 g/mol. The van der Waals surface area contributed by atoms with Crippen LogP contribution >= 0.6 is 0 Å². The molecule has 1 N–H and O–H groups in total. The number of hydrogen-bond donors (Lipinski definition) is 1. The first-order valence-electron chi connectivity index (χ1n) is 7.68. The molecule has 2 aliphatic rings. The Hall–Kier alpha value is -0.0800. The van der Waals surface area contributed by atoms with E-state index in [1.54, 1.807) is 0 Å². The molecule has 2 rings (SSSR count). The van der Waals surface area contributed by atoms with Crippen LogP contribution in [0.1, 0.15) is 64.7 Å². The van der Waals surface area contributed by atoms with Gasteiger partial charge in [0, 0.05) is 12.0 Å². The maximum atomic E-state index is 5.97. The standard InChI is InChI=1S/C15H29NO/c1-3-4-5-6-7-8-14(16-2)13-11-12-9-10-15(13)17-12/h12-16H,3-11H2,1-2H3. The summed E-state index contributed by atoms with van der Waals surface area (Å²) in [4.78, 5) is 0. The molecule has 0 spiro atoms. The summed E-state index contributed by atoms with van der Waals surface area (Å²) in [6.07, 6.45) is 13.4. The predicted octanol–water partition coefficient (Wildman–Crippen LogP) is 3.50. The van der Waals surface area contributed by atoms with Gasteiger partial charge < -0.3 is 10.1 Å². The molecule has 2 heteroatoms. The van der Waals surface area contributed by atoms with Gasteiger partial charge in [0.05, 0.1) is 12.2 Å². The molecule has 2 aliphatic heterocycles. The quantitative estimate of drug-likeness (QED) is 0.655. The average Bonchev–Trinajstić information content (AvgIpc) is 2.96. The Kier molecular flexibility index (Phi) is 5.30. The minimum Gasteiger partial charge on any atom is -0.375 e. The SMILES string of the molecule is CCCCCCCC(NC)C1CC2CCC1O2. The van der Waals surface area contributed by atoms with Crippen LogP contribution in [0.5, 0.6) is 0 Å². The van der Waals surface area contributed by atoms with Crippen LogP contribution in [0, 0.1) is 5.92 Å². The third-order valence-corrected chi connectivity index (χ3v) is 4.66. The van der Waals surface area contributed by atoms with Crippen molar-refractivity contribution in [3.05, 3.63) is 0 Å². The lowest BCUT2D eigenvalue weighted by Gasteiger charge is -2.28. The van der Waals surface area contributed by atoms with Crippen molar-refractivity contribution in [3.63, 3.8) is 0 Å². The first-order chi connectivity index (χ1) is 8.35. The number of nitrogens with one attached hydrogen (secondary N) is 1. The van der Waals surface area contributed by atoms with Gasteiger partial charge >= 0.3 is 0 Å². The molecule has 0 aromatic carbocycles. The summed E-state index contributed by atoms with van der Waals surface area (Å²) in [5.41, 5.74) is 0. The zero-order chi connectivity index (χ0) is 12.1. The maximum absolute atomic E-state index is 5.97. The van der Waals surface area contributed by atoms with Crippen molar-refractivity contribution in [3.8, 4) is 0 Å². The maximum Gasteiger partial charge on any atom is 0.0623 e. The Labute approximate surface area is 107 Å². The molecule has 4 unspecified atom stereocenters. The van der Waals surface area contributed by atoms with E-state index in [9.17, 15) is 0 Å². The van der Waals surface area contributed by atoms with Crippen LogP contribution in [0.2, 0.25) is 0 Å². The van der Waals surface area contributed by atoms with E-state index < -0.39 is 0 Å². The minimum atomic E-state index is 0.577. The summed E-state index contributed by atoms with van der Waals surface area (Å²) < 4.78 is 5.97. The summed E-state index contributed by atoms with van der Waals surface area (Å²) in [6, 6.07) is 0.701. The highest BCUT2D eigenvalue weighted by molar-refractivity contribution is 4.94. The summed E-state index contributed by atoms with van der Waals surface area (Å²) in [5.74, 6) is 0.796. The Morgan fingerprint density at radius 1 is 1.18 bits per heavy atom. The molecule has 2 nitrogen and oxygen atoms in total. The van der Waals surface area contributed by atoms with E-state index in [4.69, 9.17) is 4.74 Å². The van der Waals surface area contributed by atoms with Gasteiger partial charge in [-0.15, -0.1) is 0 Å². The summed E-state index contributed by atoms with van der Waals surface area (Å²) in [7, 11) is 2.13. The van der Waals surface area contributed by atoms with E-state index in [-0.39, 0.29) is 0 Å². The second-order valence-electron chi connectivity index (χ2n) is 5.87. The van der Waals surface area contributed by atoms with E-state index in [2.05, 4.69) is 19.3 Å². The smallest absolute Gasteiger partial charge is 0.0623 e. The molecule has 0 saturated carbocycles. The predicted molar refractivity (Wildman–Crippen MR) is 72.2 cm³/mol. The van der Waals surface area contributed by atoms with E-state index in [1.807, 2.05) is 0 Å². The topological polar surface area (TPSA) is 21.3 Å². The Morgan fingerprint density at radius 2 is 2.00 bits per heavy atom. The highest BCUT2D eigenvalue weighted by atomic mass is 16.5. The van der Waals surface area contributed by atoms with Crippen molar-refractivity contribution in [1.82, 2.24) is 5.32 Å². The van der Waals surface area contributed by atoms with Gasteiger partial charge in [-0.3, -0.25) is 0 Å². The van der Waals surface area contributed by atoms with Crippen molar-refractivity contribution in [1.29, 1.82) is 0 Å². The fourth-order valence-corrected chi connectivity index (χ4v) is 3.64. The number of unbranched alkanes of at least 4 members (excludes halogenated alkanes) is 4. The first-order valence-corrected chi connectivity index (χ1v) is 7.68. The van der Waals surface area contributed by atoms with Crippen LogP contribution in [-0.4, -0.2) is 25.3 Å². The molecular weight excluding hydrogens is 210 g/mol. The van der Waals surface area contributed by atoms with Crippen molar-refractivity contribution in [2.24, 2.45) is 5.92 Å². The van der Waals surface area contributed by atoms with Gasteiger partial charge in [-0.1, -0.05) is 39.0 Å². The molecule has 2 fully saturated rings. The second-order valence-corrected chi connectivity index (χ2v) is 5.87. The third-order valence-electron chi connectivity index (χ3n) is 4.66. The molecular formula is C15H29NO. The summed E-state index contributed by atoms with van der Waals surface area (Å²) in [6.45, 7) is 2.28. The molecule has 100 valence electrons. The molecule has 4 atom stereocenters. The van der Waals surface area contributed by atoms with Gasteiger partial charge in [-0.05, 0) is 32.7 Å². The third kappa shape index (κ3) is 3.45. The second kappa shape index (κ2) is 6.75. The van der Waals surface area contributed by atoms with Crippen molar-refractivity contribution in [2.45, 2.75) is 83.0 Å². The molecule has 2 saturated heterocycles. The van der Waals surface area contributed by atoms with Gasteiger partial charge in [0.15, 0.2) is 0 Å². The Balaban J connectivity index is 1.66. The molecule has 17 heavy (non-hydrogen) atoms. The van der Waals surface area contributed by atoms with Crippen LogP contribution in [0.15, 0.2) is 0 Å². The molecule has 0 aromatic heterocycles. The van der Waals surface area contributed by atoms with Crippen molar-refractivity contribution in [2.75, 3.05) is 7.05 Å². The van der Waals surface area contributed by atoms with E-state index in [1.165, 1.54) is 57.8 Å². The Bertz CT molecular complexity index is 219. The molecule has 0 amide bonds. The average molecular weight is 239 g/mol. The lowest BCUT2D eigenvalue weighted by Crippen LogP contribution is -2.38. The Morgan fingerprint density at radius 3 is 2.59 bits per heavy atom. The zero-order valence-corrected chi connectivity index (χ0v) is 11.6. The summed E-state index contributed by atoms with van der Waals surface area (Å²) >= 11 is 0. The van der Waals surface area contributed by atoms with Gasteiger partial charge in [0.2, 0.25) is 0 Å². The van der Waals surface area contributed by atoms with Crippen LogP contribution in [0.25, 0.3) is 0 Å². The fourth-order valence-electron chi connectivity index (χ4n) is 3.64. The molecule has 0 aromatic rings. The van der Waals surface area contributed by atoms with Gasteiger partial charge in [-0.2, -0.15) is 0 Å². The van der Waals surface area contributed by atoms with Gasteiger partial charge in [-0.25, -0.2) is 0 Å². The van der Waals surface area contributed by atoms with Crippen LogP contribution in [0.3, 0.4) is 0 Å². The summed E-state index contributed by atoms with van der Waals surface area (Å²) in [5, 5.41) is 3.54. The van der Waals surface area contributed by atoms with Gasteiger partial charge in [0.1, 0.15) is 0 Å². The van der Waals surface area contributed by atoms with Crippen molar-refractivity contribution < 1.29 is 4.74 Å². The number of rotatable bonds is 8. The first kappa shape index (κ1) is 13.4. The van der Waals surface area contributed by atoms with E-state index in [0.29, 0.717) is 18.2 Å². The van der Waals surface area contributed by atoms with E-state index in [0.717, 1.165) is 5.92 Å². The minimum absolute atomic E-state index is 0.577. The normalized spacial score (nSPS) is 33.2. The number of ether oxygens (including phenoxy) is 1. The largest absolute Gasteiger partial charge is 0.375 e. The van der Waals surface area contributed by atoms with E-state index >= 15 is 0 Å². The molecule has 0 radical (unpaired) electrons. The molecule has 2 heterocycles. The lowest BCUT2D eigenvalue weighted by molar-refractivity contribution is 0.0854. The van der Waals surface area contributed by atoms with Crippen LogP contribution < -0.4 is 5.32 Å². The number of hydrogen-bond acceptors (Lipinski definition) is 2. The van der Waals surface area contributed by atoms with Gasteiger partial charge in [0.25, 0.3) is 0 Å². The highest BCUT2D eigenvalue weighted by Crippen LogP contribution is 2.41. The van der Waals surface area contributed by atoms with Crippen molar-refractivity contribution >= 4 is 0 Å². The van der Waals surface area contributed by atoms with Crippen LogP contribution in [-0.2, 0) is 4.74 Å². The molecule has 2 bridgehead atoms.